The van der Waals surface area contributed by atoms with Crippen LogP contribution in [0.4, 0.5) is 17.6 Å². The molecule has 0 heterocycles. The summed E-state index contributed by atoms with van der Waals surface area (Å²) in [5.74, 6) is -4.98. The number of alkyl halides is 4. The van der Waals surface area contributed by atoms with Gasteiger partial charge in [-0.3, -0.25) is 4.79 Å². The lowest BCUT2D eigenvalue weighted by atomic mass is 9.98. The third-order valence-electron chi connectivity index (χ3n) is 2.75. The zero-order valence-corrected chi connectivity index (χ0v) is 9.84. The molecule has 3 N–H and O–H groups in total. The van der Waals surface area contributed by atoms with Crippen LogP contribution in [-0.2, 0) is 4.79 Å². The Kier molecular flexibility index (Phi) is 5.67. The highest BCUT2D eigenvalue weighted by atomic mass is 35.5. The number of halogens is 5. The number of nitrogens with two attached hydrogens (primary N) is 1. The molecule has 0 spiro atoms. The van der Waals surface area contributed by atoms with Gasteiger partial charge in [0.2, 0.25) is 5.91 Å². The molecule has 0 bridgehead atoms. The van der Waals surface area contributed by atoms with Crippen LogP contribution in [0.2, 0.25) is 0 Å². The first-order valence-corrected chi connectivity index (χ1v) is 5.01. The van der Waals surface area contributed by atoms with E-state index in [-0.39, 0.29) is 12.4 Å². The Morgan fingerprint density at radius 1 is 1.35 bits per heavy atom. The Hall–Kier alpha value is -0.560. The Morgan fingerprint density at radius 3 is 2.24 bits per heavy atom. The summed E-state index contributed by atoms with van der Waals surface area (Å²) in [4.78, 5) is 11.4. The summed E-state index contributed by atoms with van der Waals surface area (Å²) in [6.07, 6.45) is -1.49. The van der Waals surface area contributed by atoms with Gasteiger partial charge in [-0.15, -0.1) is 12.4 Å². The van der Waals surface area contributed by atoms with Crippen molar-refractivity contribution in [3.8, 4) is 0 Å². The molecule has 0 radical (unpaired) electrons. The molecular weight excluding hydrogens is 264 g/mol. The molecule has 17 heavy (non-hydrogen) atoms. The van der Waals surface area contributed by atoms with Crippen LogP contribution in [0.5, 0.6) is 0 Å². The monoisotopic (exact) mass is 278 g/mol. The zero-order chi connectivity index (χ0) is 12.4. The van der Waals surface area contributed by atoms with E-state index in [4.69, 9.17) is 5.73 Å². The molecule has 8 heteroatoms. The zero-order valence-electron chi connectivity index (χ0n) is 9.02. The molecule has 1 aliphatic carbocycles. The summed E-state index contributed by atoms with van der Waals surface area (Å²) in [7, 11) is 0. The molecule has 0 unspecified atom stereocenters. The molecule has 0 aromatic rings. The number of carbonyl (C=O) groups is 1. The summed E-state index contributed by atoms with van der Waals surface area (Å²) in [5, 5.41) is 1.79. The fraction of sp³-hybridized carbons (Fsp3) is 0.889. The van der Waals surface area contributed by atoms with Gasteiger partial charge in [-0.25, -0.2) is 8.78 Å². The minimum Gasteiger partial charge on any atom is -0.348 e. The van der Waals surface area contributed by atoms with Crippen LogP contribution < -0.4 is 11.1 Å². The Morgan fingerprint density at radius 2 is 1.82 bits per heavy atom. The van der Waals surface area contributed by atoms with Crippen molar-refractivity contribution in [3.05, 3.63) is 0 Å². The lowest BCUT2D eigenvalue weighted by molar-refractivity contribution is -0.139. The summed E-state index contributed by atoms with van der Waals surface area (Å²) in [5.41, 5.74) is 4.50. The lowest BCUT2D eigenvalue weighted by Gasteiger charge is -2.24. The van der Waals surface area contributed by atoms with Gasteiger partial charge >= 0.3 is 12.3 Å². The highest BCUT2D eigenvalue weighted by Gasteiger charge is 2.43. The van der Waals surface area contributed by atoms with Gasteiger partial charge in [0.25, 0.3) is 0 Å². The van der Waals surface area contributed by atoms with Gasteiger partial charge in [0.1, 0.15) is 0 Å². The molecule has 1 saturated carbocycles. The van der Waals surface area contributed by atoms with E-state index in [9.17, 15) is 22.4 Å². The number of amides is 1. The molecule has 0 aliphatic heterocycles. The van der Waals surface area contributed by atoms with Crippen LogP contribution in [-0.4, -0.2) is 30.3 Å². The average molecular weight is 279 g/mol. The number of carbonyl (C=O) groups excluding carboxylic acids is 1. The third kappa shape index (κ3) is 3.99. The van der Waals surface area contributed by atoms with Gasteiger partial charge in [0.05, 0.1) is 12.1 Å². The smallest absolute Gasteiger partial charge is 0.324 e. The lowest BCUT2D eigenvalue weighted by Crippen LogP contribution is -2.54. The summed E-state index contributed by atoms with van der Waals surface area (Å²) < 4.78 is 48.6. The third-order valence-corrected chi connectivity index (χ3v) is 2.75. The van der Waals surface area contributed by atoms with Crippen LogP contribution in [0.15, 0.2) is 0 Å². The molecule has 0 aromatic carbocycles. The van der Waals surface area contributed by atoms with Crippen LogP contribution in [0.25, 0.3) is 0 Å². The average Bonchev–Trinajstić information content (AvgIpc) is 2.62. The number of hydrogen-bond donors (Lipinski definition) is 2. The van der Waals surface area contributed by atoms with Gasteiger partial charge in [0, 0.05) is 0 Å². The van der Waals surface area contributed by atoms with E-state index < -0.39 is 30.3 Å². The second kappa shape index (κ2) is 5.86. The standard InChI is InChI=1S/C9H14F4N2O.ClH/c10-6(11)9(12,13)5-15-7(16)8(14)3-1-2-4-8;/h6H,1-5,14H2,(H,15,16);1H. The fourth-order valence-corrected chi connectivity index (χ4v) is 1.68. The normalized spacial score (nSPS) is 18.9. The van der Waals surface area contributed by atoms with Crippen LogP contribution >= 0.6 is 12.4 Å². The largest absolute Gasteiger partial charge is 0.348 e. The van der Waals surface area contributed by atoms with E-state index >= 15 is 0 Å². The summed E-state index contributed by atoms with van der Waals surface area (Å²) in [6.45, 7) is -1.37. The van der Waals surface area contributed by atoms with E-state index in [0.717, 1.165) is 12.8 Å². The van der Waals surface area contributed by atoms with Crippen molar-refractivity contribution in [3.63, 3.8) is 0 Å². The van der Waals surface area contributed by atoms with Crippen molar-refractivity contribution in [2.75, 3.05) is 6.54 Å². The summed E-state index contributed by atoms with van der Waals surface area (Å²) >= 11 is 0. The van der Waals surface area contributed by atoms with Gasteiger partial charge in [-0.05, 0) is 12.8 Å². The molecule has 1 amide bonds. The second-order valence-corrected chi connectivity index (χ2v) is 4.11. The van der Waals surface area contributed by atoms with E-state index in [2.05, 4.69) is 0 Å². The minimum absolute atomic E-state index is 0. The maximum Gasteiger partial charge on any atom is 0.324 e. The Bertz CT molecular complexity index is 270. The highest BCUT2D eigenvalue weighted by Crippen LogP contribution is 2.28. The van der Waals surface area contributed by atoms with Crippen molar-refractivity contribution in [2.24, 2.45) is 5.73 Å². The van der Waals surface area contributed by atoms with Crippen LogP contribution in [0.1, 0.15) is 25.7 Å². The van der Waals surface area contributed by atoms with E-state index in [1.54, 1.807) is 5.32 Å². The molecule has 1 fully saturated rings. The molecule has 0 atom stereocenters. The van der Waals surface area contributed by atoms with Gasteiger partial charge in [0.15, 0.2) is 0 Å². The minimum atomic E-state index is -4.20. The first-order valence-electron chi connectivity index (χ1n) is 5.01. The van der Waals surface area contributed by atoms with Gasteiger partial charge < -0.3 is 11.1 Å². The Balaban J connectivity index is 0.00000256. The first kappa shape index (κ1) is 16.4. The molecule has 102 valence electrons. The number of rotatable bonds is 4. The second-order valence-electron chi connectivity index (χ2n) is 4.11. The van der Waals surface area contributed by atoms with Crippen molar-refractivity contribution >= 4 is 18.3 Å². The number of nitrogens with one attached hydrogen (secondary N) is 1. The molecule has 1 aliphatic rings. The molecule has 3 nitrogen and oxygen atoms in total. The summed E-state index contributed by atoms with van der Waals surface area (Å²) in [6, 6.07) is 0. The Labute approximate surface area is 103 Å². The number of hydrogen-bond acceptors (Lipinski definition) is 2. The molecule has 1 rings (SSSR count). The fourth-order valence-electron chi connectivity index (χ4n) is 1.68. The van der Waals surface area contributed by atoms with Crippen molar-refractivity contribution in [2.45, 2.75) is 43.6 Å². The van der Waals surface area contributed by atoms with Gasteiger partial charge in [-0.1, -0.05) is 12.8 Å². The topological polar surface area (TPSA) is 55.1 Å². The molecule has 0 aromatic heterocycles. The quantitative estimate of drug-likeness (QED) is 0.769. The maximum atomic E-state index is 12.5. The van der Waals surface area contributed by atoms with E-state index in [1.165, 1.54) is 0 Å². The van der Waals surface area contributed by atoms with Crippen molar-refractivity contribution < 1.29 is 22.4 Å². The molecular formula is C9H15ClF4N2O. The molecule has 0 saturated heterocycles. The predicted octanol–water partition coefficient (Wildman–Crippen LogP) is 1.70. The maximum absolute atomic E-state index is 12.5. The van der Waals surface area contributed by atoms with Crippen LogP contribution in [0.3, 0.4) is 0 Å². The van der Waals surface area contributed by atoms with Gasteiger partial charge in [-0.2, -0.15) is 8.78 Å². The van der Waals surface area contributed by atoms with E-state index in [0.29, 0.717) is 12.8 Å². The van der Waals surface area contributed by atoms with Crippen molar-refractivity contribution in [1.29, 1.82) is 0 Å². The van der Waals surface area contributed by atoms with E-state index in [1.807, 2.05) is 0 Å². The van der Waals surface area contributed by atoms with Crippen LogP contribution in [0, 0.1) is 0 Å². The first-order chi connectivity index (χ1) is 7.28. The highest BCUT2D eigenvalue weighted by molar-refractivity contribution is 5.86. The predicted molar refractivity (Wildman–Crippen MR) is 56.6 cm³/mol. The van der Waals surface area contributed by atoms with Crippen molar-refractivity contribution in [1.82, 2.24) is 5.32 Å². The SMILES string of the molecule is Cl.NC1(C(=O)NCC(F)(F)C(F)F)CCCC1.